The molecule has 0 aromatic carbocycles. The van der Waals surface area contributed by atoms with Gasteiger partial charge in [-0.05, 0) is 26.8 Å². The predicted octanol–water partition coefficient (Wildman–Crippen LogP) is 1.79. The number of carbonyl (C=O) groups excluding carboxylic acids is 1. The number of nitrogen functional groups attached to an aromatic ring is 1. The number of nitrogens with one attached hydrogen (secondary N) is 1. The van der Waals surface area contributed by atoms with Crippen LogP contribution in [-0.4, -0.2) is 17.0 Å². The molecule has 0 aliphatic carbocycles. The van der Waals surface area contributed by atoms with E-state index >= 15 is 0 Å². The molecule has 92 valence electrons. The number of nitrogens with two attached hydrogens (primary N) is 1. The van der Waals surface area contributed by atoms with E-state index in [9.17, 15) is 4.79 Å². The lowest BCUT2D eigenvalue weighted by molar-refractivity contribution is 0.0944. The Morgan fingerprint density at radius 3 is 2.88 bits per heavy atom. The molecule has 0 aliphatic rings. The van der Waals surface area contributed by atoms with Gasteiger partial charge in [-0.25, -0.2) is 0 Å². The Morgan fingerprint density at radius 2 is 2.29 bits per heavy atom. The first kappa shape index (κ1) is 13.2. The molecule has 1 aromatic rings. The molecule has 4 nitrogen and oxygen atoms in total. The maximum absolute atomic E-state index is 11.9. The Hall–Kier alpha value is -1.89. The van der Waals surface area contributed by atoms with Crippen LogP contribution in [-0.2, 0) is 0 Å². The summed E-state index contributed by atoms with van der Waals surface area (Å²) in [6.07, 6.45) is 2.45. The fraction of sp³-hybridized carbons (Fsp3) is 0.462. The fourth-order valence-corrected chi connectivity index (χ4v) is 1.56. The van der Waals surface area contributed by atoms with Crippen LogP contribution in [0.2, 0.25) is 0 Å². The molecule has 0 radical (unpaired) electrons. The third-order valence-electron chi connectivity index (χ3n) is 2.37. The van der Waals surface area contributed by atoms with E-state index in [-0.39, 0.29) is 11.9 Å². The first-order chi connectivity index (χ1) is 8.06. The number of aromatic nitrogens is 1. The summed E-state index contributed by atoms with van der Waals surface area (Å²) in [6, 6.07) is 1.91. The highest BCUT2D eigenvalue weighted by Crippen LogP contribution is 2.16. The van der Waals surface area contributed by atoms with E-state index in [1.807, 2.05) is 18.4 Å². The molecule has 0 atom stereocenters. The molecule has 0 spiro atoms. The Morgan fingerprint density at radius 1 is 1.59 bits per heavy atom. The summed E-state index contributed by atoms with van der Waals surface area (Å²) >= 11 is 0. The van der Waals surface area contributed by atoms with Crippen molar-refractivity contribution < 1.29 is 4.79 Å². The van der Waals surface area contributed by atoms with Crippen LogP contribution < -0.4 is 11.1 Å². The minimum atomic E-state index is -0.103. The van der Waals surface area contributed by atoms with Gasteiger partial charge in [-0.2, -0.15) is 0 Å². The number of amides is 1. The summed E-state index contributed by atoms with van der Waals surface area (Å²) in [6.45, 7) is 6.37. The molecule has 1 aromatic heterocycles. The molecule has 1 heterocycles. The summed E-state index contributed by atoms with van der Waals surface area (Å²) in [5, 5.41) is 2.82. The van der Waals surface area contributed by atoms with Gasteiger partial charge in [-0.15, -0.1) is 11.8 Å². The van der Waals surface area contributed by atoms with Crippen molar-refractivity contribution >= 4 is 11.6 Å². The summed E-state index contributed by atoms with van der Waals surface area (Å²) in [5.41, 5.74) is 6.92. The molecule has 4 heteroatoms. The van der Waals surface area contributed by atoms with Crippen LogP contribution in [0.15, 0.2) is 12.3 Å². The minimum absolute atomic E-state index is 0.103. The Balaban J connectivity index is 2.70. The summed E-state index contributed by atoms with van der Waals surface area (Å²) in [5.74, 6) is 5.59. The predicted molar refractivity (Wildman–Crippen MR) is 69.6 cm³/mol. The molecule has 0 unspecified atom stereocenters. The number of rotatable bonds is 4. The van der Waals surface area contributed by atoms with E-state index in [0.717, 1.165) is 0 Å². The molecule has 17 heavy (non-hydrogen) atoms. The largest absolute Gasteiger partial charge is 0.397 e. The van der Waals surface area contributed by atoms with Crippen LogP contribution in [0.1, 0.15) is 43.7 Å². The van der Waals surface area contributed by atoms with Crippen molar-refractivity contribution in [1.29, 1.82) is 0 Å². The molecular weight excluding hydrogens is 214 g/mol. The number of anilines is 1. The van der Waals surface area contributed by atoms with Crippen LogP contribution in [0.3, 0.4) is 0 Å². The summed E-state index contributed by atoms with van der Waals surface area (Å²) < 4.78 is 1.87. The number of nitrogens with zero attached hydrogens (tertiary/aromatic N) is 1. The standard InChI is InChI=1S/C13H19N3O/c1-4-5-6-7-15-13(17)12-8-11(14)9-16(12)10(2)3/h8-10H,6-7,14H2,1-3H3,(H,15,17). The fourth-order valence-electron chi connectivity index (χ4n) is 1.56. The third kappa shape index (κ3) is 3.56. The first-order valence-corrected chi connectivity index (χ1v) is 5.71. The van der Waals surface area contributed by atoms with Crippen LogP contribution in [0.5, 0.6) is 0 Å². The van der Waals surface area contributed by atoms with Crippen molar-refractivity contribution in [3.63, 3.8) is 0 Å². The zero-order chi connectivity index (χ0) is 12.8. The summed E-state index contributed by atoms with van der Waals surface area (Å²) in [7, 11) is 0. The maximum atomic E-state index is 11.9. The molecule has 0 fully saturated rings. The van der Waals surface area contributed by atoms with E-state index in [2.05, 4.69) is 17.2 Å². The van der Waals surface area contributed by atoms with E-state index < -0.39 is 0 Å². The molecule has 3 N–H and O–H groups in total. The topological polar surface area (TPSA) is 60.1 Å². The van der Waals surface area contributed by atoms with Gasteiger partial charge in [0.15, 0.2) is 0 Å². The first-order valence-electron chi connectivity index (χ1n) is 5.71. The average Bonchev–Trinajstić information content (AvgIpc) is 2.66. The van der Waals surface area contributed by atoms with Crippen LogP contribution >= 0.6 is 0 Å². The van der Waals surface area contributed by atoms with Gasteiger partial charge in [0.1, 0.15) is 5.69 Å². The van der Waals surface area contributed by atoms with Crippen LogP contribution in [0.4, 0.5) is 5.69 Å². The van der Waals surface area contributed by atoms with E-state index in [1.54, 1.807) is 19.2 Å². The van der Waals surface area contributed by atoms with Crippen molar-refractivity contribution in [2.75, 3.05) is 12.3 Å². The molecule has 0 aliphatic heterocycles. The van der Waals surface area contributed by atoms with Crippen molar-refractivity contribution in [2.24, 2.45) is 0 Å². The molecule has 1 amide bonds. The molecule has 1 rings (SSSR count). The zero-order valence-corrected chi connectivity index (χ0v) is 10.6. The minimum Gasteiger partial charge on any atom is -0.397 e. The number of hydrogen-bond donors (Lipinski definition) is 2. The highest BCUT2D eigenvalue weighted by molar-refractivity contribution is 5.93. The lowest BCUT2D eigenvalue weighted by Gasteiger charge is -2.12. The van der Waals surface area contributed by atoms with Gasteiger partial charge in [-0.1, -0.05) is 0 Å². The smallest absolute Gasteiger partial charge is 0.268 e. The van der Waals surface area contributed by atoms with E-state index in [4.69, 9.17) is 5.73 Å². The normalized spacial score (nSPS) is 9.88. The lowest BCUT2D eigenvalue weighted by Crippen LogP contribution is -2.27. The average molecular weight is 233 g/mol. The van der Waals surface area contributed by atoms with Gasteiger partial charge in [0.25, 0.3) is 5.91 Å². The summed E-state index contributed by atoms with van der Waals surface area (Å²) in [4.78, 5) is 11.9. The highest BCUT2D eigenvalue weighted by atomic mass is 16.1. The van der Waals surface area contributed by atoms with Crippen molar-refractivity contribution in [2.45, 2.75) is 33.2 Å². The third-order valence-corrected chi connectivity index (χ3v) is 2.37. The van der Waals surface area contributed by atoms with Crippen LogP contribution in [0, 0.1) is 11.8 Å². The molecular formula is C13H19N3O. The SMILES string of the molecule is CC#CCCNC(=O)c1cc(N)cn1C(C)C. The second kappa shape index (κ2) is 6.00. The second-order valence-corrected chi connectivity index (χ2v) is 4.09. The molecule has 0 saturated carbocycles. The second-order valence-electron chi connectivity index (χ2n) is 4.09. The zero-order valence-electron chi connectivity index (χ0n) is 10.6. The Labute approximate surface area is 102 Å². The van der Waals surface area contributed by atoms with Crippen molar-refractivity contribution in [3.05, 3.63) is 18.0 Å². The van der Waals surface area contributed by atoms with E-state index in [1.165, 1.54) is 0 Å². The van der Waals surface area contributed by atoms with Gasteiger partial charge in [0, 0.05) is 25.2 Å². The highest BCUT2D eigenvalue weighted by Gasteiger charge is 2.13. The van der Waals surface area contributed by atoms with Crippen molar-refractivity contribution in [3.8, 4) is 11.8 Å². The number of hydrogen-bond acceptors (Lipinski definition) is 2. The monoisotopic (exact) mass is 233 g/mol. The van der Waals surface area contributed by atoms with Crippen molar-refractivity contribution in [1.82, 2.24) is 9.88 Å². The van der Waals surface area contributed by atoms with Gasteiger partial charge in [0.2, 0.25) is 0 Å². The van der Waals surface area contributed by atoms with Gasteiger partial charge >= 0.3 is 0 Å². The lowest BCUT2D eigenvalue weighted by atomic mass is 10.3. The Bertz CT molecular complexity index is 449. The van der Waals surface area contributed by atoms with E-state index in [0.29, 0.717) is 24.3 Å². The van der Waals surface area contributed by atoms with Crippen LogP contribution in [0.25, 0.3) is 0 Å². The molecule has 0 bridgehead atoms. The quantitative estimate of drug-likeness (QED) is 0.615. The molecule has 0 saturated heterocycles. The number of carbonyl (C=O) groups is 1. The van der Waals surface area contributed by atoms with Gasteiger partial charge in [-0.3, -0.25) is 4.79 Å². The maximum Gasteiger partial charge on any atom is 0.268 e. The van der Waals surface area contributed by atoms with Gasteiger partial charge < -0.3 is 15.6 Å². The Kier molecular flexibility index (Phi) is 4.65. The van der Waals surface area contributed by atoms with Gasteiger partial charge in [0.05, 0.1) is 5.69 Å².